The number of benzene rings is 1. The number of carboxylic acids is 1. The monoisotopic (exact) mass is 476 g/mol. The summed E-state index contributed by atoms with van der Waals surface area (Å²) >= 11 is 3.37. The number of aliphatic carboxylic acids is 1. The van der Waals surface area contributed by atoms with Gasteiger partial charge in [-0.25, -0.2) is 4.79 Å². The summed E-state index contributed by atoms with van der Waals surface area (Å²) in [5, 5.41) is 14.2. The van der Waals surface area contributed by atoms with E-state index in [2.05, 4.69) is 21.0 Å². The molecule has 9 heteroatoms. The Morgan fingerprint density at radius 1 is 1.30 bits per heavy atom. The number of carbonyl (C=O) groups is 3. The van der Waals surface area contributed by atoms with E-state index < -0.39 is 12.1 Å². The summed E-state index contributed by atoms with van der Waals surface area (Å²) in [6, 6.07) is 3.28. The molecule has 2 bridgehead atoms. The van der Waals surface area contributed by atoms with Crippen LogP contribution >= 0.6 is 15.9 Å². The Morgan fingerprint density at radius 2 is 1.93 bits per heavy atom. The topological polar surface area (TPSA) is 106 Å². The molecule has 158 valence electrons. The van der Waals surface area contributed by atoms with Crippen molar-refractivity contribution in [2.24, 2.45) is 28.8 Å². The van der Waals surface area contributed by atoms with Gasteiger partial charge in [0.25, 0.3) is 11.8 Å². The van der Waals surface area contributed by atoms with Crippen LogP contribution in [0.3, 0.4) is 0 Å². The minimum absolute atomic E-state index is 0.128. The van der Waals surface area contributed by atoms with Gasteiger partial charge in [-0.1, -0.05) is 12.2 Å². The van der Waals surface area contributed by atoms with Crippen LogP contribution < -0.4 is 9.47 Å². The van der Waals surface area contributed by atoms with Gasteiger partial charge >= 0.3 is 5.97 Å². The second-order valence-corrected chi connectivity index (χ2v) is 8.45. The molecule has 0 radical (unpaired) electrons. The van der Waals surface area contributed by atoms with E-state index in [0.717, 1.165) is 11.4 Å². The summed E-state index contributed by atoms with van der Waals surface area (Å²) in [7, 11) is 0. The van der Waals surface area contributed by atoms with Crippen LogP contribution in [-0.4, -0.2) is 46.8 Å². The van der Waals surface area contributed by atoms with Crippen LogP contribution in [0.1, 0.15) is 25.8 Å². The number of rotatable bonds is 7. The zero-order valence-electron chi connectivity index (χ0n) is 16.4. The summed E-state index contributed by atoms with van der Waals surface area (Å²) < 4.78 is 11.6. The smallest absolute Gasteiger partial charge is 0.344 e. The van der Waals surface area contributed by atoms with Crippen LogP contribution in [0.15, 0.2) is 33.9 Å². The average molecular weight is 477 g/mol. The number of carboxylic acid groups (broad SMARTS) is 1. The second-order valence-electron chi connectivity index (χ2n) is 7.59. The average Bonchev–Trinajstić information content (AvgIpc) is 3.37. The van der Waals surface area contributed by atoms with Gasteiger partial charge in [0.2, 0.25) is 0 Å². The molecule has 1 saturated heterocycles. The van der Waals surface area contributed by atoms with Gasteiger partial charge in [0, 0.05) is 0 Å². The summed E-state index contributed by atoms with van der Waals surface area (Å²) in [5.74, 6) is -1.36. The summed E-state index contributed by atoms with van der Waals surface area (Å²) in [6.45, 7) is 3.55. The molecule has 0 aromatic heterocycles. The fraction of sp³-hybridized carbons (Fsp3) is 0.429. The molecule has 2 fully saturated rings. The lowest BCUT2D eigenvalue weighted by Gasteiger charge is -2.17. The number of allylic oxidation sites excluding steroid dienone is 2. The quantitative estimate of drug-likeness (QED) is 0.368. The third-order valence-corrected chi connectivity index (χ3v) is 6.33. The van der Waals surface area contributed by atoms with Crippen LogP contribution in [0.5, 0.6) is 11.5 Å². The Kier molecular flexibility index (Phi) is 5.40. The Balaban J connectivity index is 1.57. The molecule has 3 aliphatic rings. The van der Waals surface area contributed by atoms with Crippen molar-refractivity contribution >= 4 is 39.9 Å². The summed E-state index contributed by atoms with van der Waals surface area (Å²) in [5.41, 5.74) is 0.569. The first-order valence-corrected chi connectivity index (χ1v) is 10.6. The van der Waals surface area contributed by atoms with Crippen molar-refractivity contribution in [2.45, 2.75) is 26.4 Å². The molecule has 2 amide bonds. The maximum atomic E-state index is 12.7. The van der Waals surface area contributed by atoms with E-state index >= 15 is 0 Å². The highest BCUT2D eigenvalue weighted by Crippen LogP contribution is 2.52. The summed E-state index contributed by atoms with van der Waals surface area (Å²) in [4.78, 5) is 36.6. The molecule has 1 heterocycles. The highest BCUT2D eigenvalue weighted by molar-refractivity contribution is 9.10. The van der Waals surface area contributed by atoms with E-state index in [9.17, 15) is 14.4 Å². The van der Waals surface area contributed by atoms with Crippen LogP contribution in [0.4, 0.5) is 0 Å². The normalized spacial score (nSPS) is 27.8. The third kappa shape index (κ3) is 3.40. The predicted molar refractivity (Wildman–Crippen MR) is 110 cm³/mol. The van der Waals surface area contributed by atoms with Crippen molar-refractivity contribution in [3.8, 4) is 11.5 Å². The van der Waals surface area contributed by atoms with Crippen molar-refractivity contribution in [2.75, 3.05) is 6.61 Å². The molecular formula is C21H21BrN2O6. The number of amides is 2. The fourth-order valence-corrected chi connectivity index (χ4v) is 4.94. The van der Waals surface area contributed by atoms with Crippen molar-refractivity contribution in [3.05, 3.63) is 34.3 Å². The number of fused-ring (bicyclic) bond motifs is 5. The Bertz CT molecular complexity index is 944. The number of nitrogens with zero attached hydrogens (tertiary/aromatic N) is 2. The summed E-state index contributed by atoms with van der Waals surface area (Å²) in [6.07, 6.45) is 5.29. The number of halogens is 1. The van der Waals surface area contributed by atoms with Crippen molar-refractivity contribution in [3.63, 3.8) is 0 Å². The first-order chi connectivity index (χ1) is 14.3. The first-order valence-electron chi connectivity index (χ1n) is 9.77. The van der Waals surface area contributed by atoms with Crippen LogP contribution in [-0.2, 0) is 14.4 Å². The van der Waals surface area contributed by atoms with Crippen LogP contribution in [0, 0.1) is 23.7 Å². The molecule has 5 unspecified atom stereocenters. The molecule has 8 nitrogen and oxygen atoms in total. The lowest BCUT2D eigenvalue weighted by atomic mass is 9.85. The zero-order chi connectivity index (χ0) is 21.6. The van der Waals surface area contributed by atoms with Crippen LogP contribution in [0.25, 0.3) is 0 Å². The molecular weight excluding hydrogens is 456 g/mol. The maximum Gasteiger partial charge on any atom is 0.344 e. The van der Waals surface area contributed by atoms with Crippen molar-refractivity contribution in [1.29, 1.82) is 0 Å². The molecule has 1 aromatic carbocycles. The number of ether oxygens (including phenoxy) is 2. The Hall–Kier alpha value is -2.68. The van der Waals surface area contributed by atoms with E-state index in [0.29, 0.717) is 22.4 Å². The molecule has 4 rings (SSSR count). The molecule has 1 aromatic rings. The lowest BCUT2D eigenvalue weighted by Crippen LogP contribution is -2.28. The van der Waals surface area contributed by atoms with E-state index in [1.165, 1.54) is 13.1 Å². The molecule has 5 atom stereocenters. The third-order valence-electron chi connectivity index (χ3n) is 5.74. The molecule has 1 aliphatic heterocycles. The van der Waals surface area contributed by atoms with Gasteiger partial charge in [0.15, 0.2) is 17.6 Å². The van der Waals surface area contributed by atoms with Crippen molar-refractivity contribution in [1.82, 2.24) is 5.01 Å². The molecule has 1 saturated carbocycles. The SMILES string of the molecule is CCOc1cc(C=NN2C(=O)C3C4C=CC(C4)C3C2=O)cc(Br)c1OC(C)C(=O)O. The number of imide groups is 1. The van der Waals surface area contributed by atoms with Gasteiger partial charge in [-0.15, -0.1) is 0 Å². The number of hydrogen-bond acceptors (Lipinski definition) is 6. The number of carbonyl (C=O) groups excluding carboxylic acids is 2. The van der Waals surface area contributed by atoms with Gasteiger partial charge in [-0.05, 0) is 65.7 Å². The highest BCUT2D eigenvalue weighted by Gasteiger charge is 2.59. The Morgan fingerprint density at radius 3 is 2.50 bits per heavy atom. The minimum atomic E-state index is -1.10. The largest absolute Gasteiger partial charge is 0.490 e. The van der Waals surface area contributed by atoms with Gasteiger partial charge in [-0.3, -0.25) is 9.59 Å². The lowest BCUT2D eigenvalue weighted by molar-refractivity contribution is -0.144. The first kappa shape index (κ1) is 20.6. The van der Waals surface area contributed by atoms with Gasteiger partial charge < -0.3 is 14.6 Å². The fourth-order valence-electron chi connectivity index (χ4n) is 4.39. The highest BCUT2D eigenvalue weighted by atomic mass is 79.9. The van der Waals surface area contributed by atoms with E-state index in [4.69, 9.17) is 14.6 Å². The van der Waals surface area contributed by atoms with Gasteiger partial charge in [0.1, 0.15) is 0 Å². The van der Waals surface area contributed by atoms with Gasteiger partial charge in [0.05, 0.1) is 29.1 Å². The van der Waals surface area contributed by atoms with Gasteiger partial charge in [-0.2, -0.15) is 10.1 Å². The molecule has 0 spiro atoms. The molecule has 2 aliphatic carbocycles. The van der Waals surface area contributed by atoms with Crippen molar-refractivity contribution < 1.29 is 29.0 Å². The maximum absolute atomic E-state index is 12.7. The Labute approximate surface area is 181 Å². The number of hydrogen-bond donors (Lipinski definition) is 1. The standard InChI is InChI=1S/C21H21BrN2O6/c1-3-29-15-7-11(6-14(22)18(15)30-10(2)21(27)28)9-23-24-19(25)16-12-4-5-13(8-12)17(16)20(24)26/h4-7,9-10,12-13,16-17H,3,8H2,1-2H3,(H,27,28). The number of hydrazone groups is 1. The zero-order valence-corrected chi connectivity index (χ0v) is 18.0. The minimum Gasteiger partial charge on any atom is -0.490 e. The van der Waals surface area contributed by atoms with E-state index in [1.807, 2.05) is 12.2 Å². The van der Waals surface area contributed by atoms with E-state index in [1.54, 1.807) is 19.1 Å². The molecule has 30 heavy (non-hydrogen) atoms. The predicted octanol–water partition coefficient (Wildman–Crippen LogP) is 2.84. The second kappa shape index (κ2) is 7.86. The molecule has 1 N–H and O–H groups in total. The van der Waals surface area contributed by atoms with Crippen LogP contribution in [0.2, 0.25) is 0 Å². The van der Waals surface area contributed by atoms with E-state index in [-0.39, 0.29) is 41.2 Å².